The smallest absolute Gasteiger partial charge is 0.257 e. The van der Waals surface area contributed by atoms with Crippen LogP contribution in [0.1, 0.15) is 15.9 Å². The summed E-state index contributed by atoms with van der Waals surface area (Å²) in [4.78, 5) is 20.8. The Morgan fingerprint density at radius 3 is 2.30 bits per heavy atom. The van der Waals surface area contributed by atoms with E-state index in [0.29, 0.717) is 5.56 Å². The summed E-state index contributed by atoms with van der Waals surface area (Å²) in [5, 5.41) is 2.87. The summed E-state index contributed by atoms with van der Waals surface area (Å²) < 4.78 is 0. The van der Waals surface area contributed by atoms with Crippen molar-refractivity contribution < 1.29 is 4.79 Å². The van der Waals surface area contributed by atoms with Crippen molar-refractivity contribution in [3.63, 3.8) is 0 Å². The molecule has 5 nitrogen and oxygen atoms in total. The summed E-state index contributed by atoms with van der Waals surface area (Å²) in [5.74, 6) is 0.711. The summed E-state index contributed by atoms with van der Waals surface area (Å²) in [6.07, 6.45) is 1.62. The second-order valence-corrected chi connectivity index (χ2v) is 5.95. The van der Waals surface area contributed by atoms with E-state index in [9.17, 15) is 4.79 Å². The van der Waals surface area contributed by atoms with Crippen molar-refractivity contribution in [3.05, 3.63) is 53.7 Å². The summed E-state index contributed by atoms with van der Waals surface area (Å²) >= 11 is 0. The third-order valence-corrected chi connectivity index (χ3v) is 3.59. The van der Waals surface area contributed by atoms with E-state index in [1.807, 2.05) is 58.4 Å². The number of hydrogen-bond donors (Lipinski definition) is 1. The lowest BCUT2D eigenvalue weighted by Crippen LogP contribution is -2.29. The lowest BCUT2D eigenvalue weighted by molar-refractivity contribution is 0.102. The number of amides is 1. The molecule has 1 aromatic heterocycles. The molecule has 5 heteroatoms. The number of hydrogen-bond acceptors (Lipinski definition) is 4. The average molecular weight is 312 g/mol. The number of nitrogens with one attached hydrogen (secondary N) is 1. The number of aryl methyl sites for hydroxylation is 1. The predicted octanol–water partition coefficient (Wildman–Crippen LogP) is 2.64. The van der Waals surface area contributed by atoms with E-state index >= 15 is 0 Å². The zero-order valence-electron chi connectivity index (χ0n) is 14.2. The molecule has 23 heavy (non-hydrogen) atoms. The van der Waals surface area contributed by atoms with E-state index in [2.05, 4.69) is 20.1 Å². The number of nitrogens with zero attached hydrogens (tertiary/aromatic N) is 3. The van der Waals surface area contributed by atoms with Gasteiger partial charge in [-0.2, -0.15) is 0 Å². The highest BCUT2D eigenvalue weighted by atomic mass is 16.1. The molecule has 0 saturated heterocycles. The number of aromatic nitrogens is 1. The topological polar surface area (TPSA) is 48.5 Å². The minimum atomic E-state index is -0.149. The Labute approximate surface area is 137 Å². The zero-order chi connectivity index (χ0) is 16.8. The van der Waals surface area contributed by atoms with Crippen molar-refractivity contribution in [3.8, 4) is 0 Å². The molecule has 2 aromatic rings. The van der Waals surface area contributed by atoms with Gasteiger partial charge in [0.2, 0.25) is 0 Å². The van der Waals surface area contributed by atoms with Gasteiger partial charge in [-0.25, -0.2) is 4.98 Å². The van der Waals surface area contributed by atoms with E-state index in [4.69, 9.17) is 0 Å². The third kappa shape index (κ3) is 5.07. The molecule has 2 rings (SSSR count). The predicted molar refractivity (Wildman–Crippen MR) is 95.2 cm³/mol. The highest BCUT2D eigenvalue weighted by molar-refractivity contribution is 6.04. The Morgan fingerprint density at radius 1 is 1.04 bits per heavy atom. The van der Waals surface area contributed by atoms with Crippen molar-refractivity contribution in [1.82, 2.24) is 9.88 Å². The molecule has 0 bridgehead atoms. The Balaban J connectivity index is 1.98. The lowest BCUT2D eigenvalue weighted by atomic mass is 10.2. The molecule has 1 heterocycles. The maximum absolute atomic E-state index is 12.2. The van der Waals surface area contributed by atoms with Crippen LogP contribution in [0.15, 0.2) is 42.6 Å². The summed E-state index contributed by atoms with van der Waals surface area (Å²) in [5.41, 5.74) is 2.50. The van der Waals surface area contributed by atoms with Gasteiger partial charge >= 0.3 is 0 Å². The van der Waals surface area contributed by atoms with Crippen LogP contribution >= 0.6 is 0 Å². The maximum Gasteiger partial charge on any atom is 0.257 e. The Bertz CT molecular complexity index is 635. The van der Waals surface area contributed by atoms with Gasteiger partial charge in [-0.1, -0.05) is 17.7 Å². The minimum Gasteiger partial charge on any atom is -0.358 e. The van der Waals surface area contributed by atoms with Crippen LogP contribution < -0.4 is 10.2 Å². The molecular weight excluding hydrogens is 288 g/mol. The second-order valence-electron chi connectivity index (χ2n) is 5.95. The first-order valence-corrected chi connectivity index (χ1v) is 7.65. The largest absolute Gasteiger partial charge is 0.358 e. The number of rotatable bonds is 6. The van der Waals surface area contributed by atoms with Crippen LogP contribution in [0.3, 0.4) is 0 Å². The van der Waals surface area contributed by atoms with Crippen molar-refractivity contribution >= 4 is 17.4 Å². The molecule has 0 aliphatic carbocycles. The molecule has 0 aliphatic rings. The number of anilines is 2. The lowest BCUT2D eigenvalue weighted by Gasteiger charge is -2.20. The first kappa shape index (κ1) is 17.0. The molecule has 1 N–H and O–H groups in total. The third-order valence-electron chi connectivity index (χ3n) is 3.59. The number of pyridine rings is 1. The Morgan fingerprint density at radius 2 is 1.74 bits per heavy atom. The van der Waals surface area contributed by atoms with Crippen LogP contribution in [0.4, 0.5) is 11.5 Å². The molecule has 0 aliphatic heterocycles. The highest BCUT2D eigenvalue weighted by Gasteiger charge is 2.08. The molecule has 0 atom stereocenters. The SMILES string of the molecule is Cc1ccc(NC(=O)c2ccc(N(C)CCN(C)C)nc2)cc1. The molecule has 0 radical (unpaired) electrons. The van der Waals surface area contributed by atoms with E-state index in [1.165, 1.54) is 0 Å². The monoisotopic (exact) mass is 312 g/mol. The van der Waals surface area contributed by atoms with Gasteiger partial charge in [0.1, 0.15) is 5.82 Å². The van der Waals surface area contributed by atoms with Gasteiger partial charge in [0.15, 0.2) is 0 Å². The van der Waals surface area contributed by atoms with Crippen molar-refractivity contribution in [2.24, 2.45) is 0 Å². The quantitative estimate of drug-likeness (QED) is 0.891. The maximum atomic E-state index is 12.2. The molecule has 1 aromatic carbocycles. The van der Waals surface area contributed by atoms with Gasteiger partial charge in [0.05, 0.1) is 5.56 Å². The van der Waals surface area contributed by atoms with Crippen molar-refractivity contribution in [2.45, 2.75) is 6.92 Å². The van der Waals surface area contributed by atoms with Crippen LogP contribution in [-0.4, -0.2) is 50.0 Å². The Kier molecular flexibility index (Phi) is 5.71. The van der Waals surface area contributed by atoms with Crippen molar-refractivity contribution in [1.29, 1.82) is 0 Å². The summed E-state index contributed by atoms with van der Waals surface area (Å²) in [6.45, 7) is 3.85. The molecule has 1 amide bonds. The number of benzene rings is 1. The zero-order valence-corrected chi connectivity index (χ0v) is 14.2. The number of carbonyl (C=O) groups is 1. The first-order chi connectivity index (χ1) is 11.0. The van der Waals surface area contributed by atoms with Crippen LogP contribution in [0.25, 0.3) is 0 Å². The van der Waals surface area contributed by atoms with Crippen LogP contribution in [0.5, 0.6) is 0 Å². The first-order valence-electron chi connectivity index (χ1n) is 7.65. The van der Waals surface area contributed by atoms with Crippen LogP contribution in [0, 0.1) is 6.92 Å². The van der Waals surface area contributed by atoms with E-state index in [-0.39, 0.29) is 5.91 Å². The number of likely N-dealkylation sites (N-methyl/N-ethyl adjacent to an activating group) is 2. The van der Waals surface area contributed by atoms with Gasteiger partial charge in [-0.3, -0.25) is 4.79 Å². The van der Waals surface area contributed by atoms with Crippen molar-refractivity contribution in [2.75, 3.05) is 44.4 Å². The molecule has 0 fully saturated rings. The van der Waals surface area contributed by atoms with Gasteiger partial charge < -0.3 is 15.1 Å². The average Bonchev–Trinajstić information content (AvgIpc) is 2.55. The standard InChI is InChI=1S/C18H24N4O/c1-14-5-8-16(9-6-14)20-18(23)15-7-10-17(19-13-15)22(4)12-11-21(2)3/h5-10,13H,11-12H2,1-4H3,(H,20,23). The van der Waals surface area contributed by atoms with E-state index in [1.54, 1.807) is 12.3 Å². The normalized spacial score (nSPS) is 10.7. The van der Waals surface area contributed by atoms with E-state index < -0.39 is 0 Å². The fourth-order valence-electron chi connectivity index (χ4n) is 2.05. The van der Waals surface area contributed by atoms with E-state index in [0.717, 1.165) is 30.2 Å². The molecule has 0 spiro atoms. The fraction of sp³-hybridized carbons (Fsp3) is 0.333. The minimum absolute atomic E-state index is 0.149. The fourth-order valence-corrected chi connectivity index (χ4v) is 2.05. The van der Waals surface area contributed by atoms with Gasteiger partial charge in [0, 0.05) is 32.0 Å². The Hall–Kier alpha value is -2.40. The van der Waals surface area contributed by atoms with Crippen LogP contribution in [-0.2, 0) is 0 Å². The van der Waals surface area contributed by atoms with Gasteiger partial charge in [-0.05, 0) is 45.3 Å². The summed E-state index contributed by atoms with van der Waals surface area (Å²) in [7, 11) is 6.08. The van der Waals surface area contributed by atoms with Gasteiger partial charge in [-0.15, -0.1) is 0 Å². The molecule has 0 unspecified atom stereocenters. The second kappa shape index (κ2) is 7.74. The van der Waals surface area contributed by atoms with Crippen LogP contribution in [0.2, 0.25) is 0 Å². The summed E-state index contributed by atoms with van der Waals surface area (Å²) in [6, 6.07) is 11.4. The molecule has 122 valence electrons. The van der Waals surface area contributed by atoms with Gasteiger partial charge in [0.25, 0.3) is 5.91 Å². The molecular formula is C18H24N4O. The molecule has 0 saturated carbocycles. The number of carbonyl (C=O) groups excluding carboxylic acids is 1. The highest BCUT2D eigenvalue weighted by Crippen LogP contribution is 2.13.